The Morgan fingerprint density at radius 2 is 1.96 bits per heavy atom. The van der Waals surface area contributed by atoms with Crippen molar-refractivity contribution in [2.75, 3.05) is 11.9 Å². The molecule has 0 aliphatic heterocycles. The zero-order valence-electron chi connectivity index (χ0n) is 16.1. The molecule has 0 spiro atoms. The molecule has 1 aliphatic rings. The predicted molar refractivity (Wildman–Crippen MR) is 108 cm³/mol. The molecule has 0 saturated heterocycles. The maximum Gasteiger partial charge on any atom is 0.309 e. The zero-order chi connectivity index (χ0) is 20.1. The Bertz CT molecular complexity index is 873. The van der Waals surface area contributed by atoms with E-state index in [0.29, 0.717) is 36.6 Å². The number of nitrogens with zero attached hydrogens (tertiary/aromatic N) is 1. The van der Waals surface area contributed by atoms with Crippen LogP contribution in [0.1, 0.15) is 52.7 Å². The van der Waals surface area contributed by atoms with E-state index < -0.39 is 0 Å². The summed E-state index contributed by atoms with van der Waals surface area (Å²) in [5, 5.41) is 3.31. The van der Waals surface area contributed by atoms with Gasteiger partial charge in [-0.05, 0) is 33.1 Å². The minimum absolute atomic E-state index is 0.0501. The van der Waals surface area contributed by atoms with E-state index in [1.807, 2.05) is 19.1 Å². The number of thiazole rings is 1. The molecule has 1 N–H and O–H groups in total. The third kappa shape index (κ3) is 5.04. The van der Waals surface area contributed by atoms with Gasteiger partial charge in [-0.1, -0.05) is 29.8 Å². The zero-order valence-corrected chi connectivity index (χ0v) is 16.9. The second-order valence-corrected chi connectivity index (χ2v) is 8.00. The summed E-state index contributed by atoms with van der Waals surface area (Å²) >= 11 is 1.40. The number of esters is 1. The summed E-state index contributed by atoms with van der Waals surface area (Å²) < 4.78 is 5.11. The van der Waals surface area contributed by atoms with Crippen molar-refractivity contribution in [2.45, 2.75) is 46.0 Å². The average Bonchev–Trinajstić information content (AvgIpc) is 3.08. The first kappa shape index (κ1) is 20.2. The molecule has 0 radical (unpaired) electrons. The summed E-state index contributed by atoms with van der Waals surface area (Å²) in [7, 11) is 0. The molecule has 1 heterocycles. The van der Waals surface area contributed by atoms with E-state index in [4.69, 9.17) is 4.74 Å². The highest BCUT2D eigenvalue weighted by Crippen LogP contribution is 2.33. The van der Waals surface area contributed by atoms with Gasteiger partial charge >= 0.3 is 5.97 Å². The van der Waals surface area contributed by atoms with Crippen LogP contribution in [-0.2, 0) is 27.2 Å². The summed E-state index contributed by atoms with van der Waals surface area (Å²) in [6.07, 6.45) is 2.30. The molecule has 0 bridgehead atoms. The number of aromatic nitrogens is 1. The highest BCUT2D eigenvalue weighted by atomic mass is 32.1. The Kier molecular flexibility index (Phi) is 6.57. The Morgan fingerprint density at radius 1 is 1.21 bits per heavy atom. The lowest BCUT2D eigenvalue weighted by molar-refractivity contribution is -0.148. The predicted octanol–water partition coefficient (Wildman–Crippen LogP) is 3.72. The van der Waals surface area contributed by atoms with Crippen molar-refractivity contribution in [3.05, 3.63) is 46.0 Å². The molecular formula is C21H24N2O4S. The van der Waals surface area contributed by atoms with Crippen LogP contribution in [-0.4, -0.2) is 29.3 Å². The Hall–Kier alpha value is -2.54. The SMILES string of the molecule is CCOC(=O)C1CCc2nc(NC(=O)CCC(=O)c3ccc(C)cc3)sc2C1. The van der Waals surface area contributed by atoms with E-state index in [1.54, 1.807) is 19.1 Å². The quantitative estimate of drug-likeness (QED) is 0.565. The molecule has 1 aliphatic carbocycles. The molecule has 2 aromatic rings. The van der Waals surface area contributed by atoms with Crippen LogP contribution in [0.3, 0.4) is 0 Å². The largest absolute Gasteiger partial charge is 0.466 e. The Balaban J connectivity index is 1.52. The van der Waals surface area contributed by atoms with E-state index >= 15 is 0 Å². The highest BCUT2D eigenvalue weighted by molar-refractivity contribution is 7.15. The molecule has 6 nitrogen and oxygen atoms in total. The second-order valence-electron chi connectivity index (χ2n) is 6.92. The third-order valence-corrected chi connectivity index (χ3v) is 5.79. The van der Waals surface area contributed by atoms with Gasteiger partial charge in [0, 0.05) is 23.3 Å². The van der Waals surface area contributed by atoms with Crippen LogP contribution >= 0.6 is 11.3 Å². The minimum Gasteiger partial charge on any atom is -0.466 e. The van der Waals surface area contributed by atoms with Crippen LogP contribution in [0.2, 0.25) is 0 Å². The van der Waals surface area contributed by atoms with Gasteiger partial charge in [0.15, 0.2) is 10.9 Å². The number of hydrogen-bond donors (Lipinski definition) is 1. The van der Waals surface area contributed by atoms with Crippen molar-refractivity contribution in [1.82, 2.24) is 4.98 Å². The van der Waals surface area contributed by atoms with Crippen molar-refractivity contribution >= 4 is 34.1 Å². The number of aryl methyl sites for hydroxylation is 2. The Labute approximate surface area is 168 Å². The van der Waals surface area contributed by atoms with Crippen LogP contribution in [0.4, 0.5) is 5.13 Å². The molecule has 7 heteroatoms. The lowest BCUT2D eigenvalue weighted by atomic mass is 9.91. The topological polar surface area (TPSA) is 85.4 Å². The number of Topliss-reactive ketones (excluding diaryl/α,β-unsaturated/α-hetero) is 1. The van der Waals surface area contributed by atoms with E-state index in [-0.39, 0.29) is 36.4 Å². The summed E-state index contributed by atoms with van der Waals surface area (Å²) in [5.74, 6) is -0.579. The summed E-state index contributed by atoms with van der Waals surface area (Å²) in [6, 6.07) is 7.34. The molecule has 3 rings (SSSR count). The van der Waals surface area contributed by atoms with Crippen LogP contribution < -0.4 is 5.32 Å². The second kappa shape index (κ2) is 9.10. The van der Waals surface area contributed by atoms with Gasteiger partial charge in [0.25, 0.3) is 0 Å². The first-order valence-electron chi connectivity index (χ1n) is 9.51. The summed E-state index contributed by atoms with van der Waals surface area (Å²) in [6.45, 7) is 4.15. The van der Waals surface area contributed by atoms with Crippen molar-refractivity contribution in [3.8, 4) is 0 Å². The van der Waals surface area contributed by atoms with Crippen LogP contribution in [0, 0.1) is 12.8 Å². The number of carbonyl (C=O) groups excluding carboxylic acids is 3. The number of hydrogen-bond acceptors (Lipinski definition) is 6. The fourth-order valence-electron chi connectivity index (χ4n) is 3.18. The maximum atomic E-state index is 12.2. The number of benzene rings is 1. The van der Waals surface area contributed by atoms with Gasteiger partial charge in [-0.3, -0.25) is 14.4 Å². The number of fused-ring (bicyclic) bond motifs is 1. The number of rotatable bonds is 7. The minimum atomic E-state index is -0.228. The monoisotopic (exact) mass is 400 g/mol. The van der Waals surface area contributed by atoms with Crippen molar-refractivity contribution in [1.29, 1.82) is 0 Å². The number of amides is 1. The van der Waals surface area contributed by atoms with Gasteiger partial charge in [0.2, 0.25) is 5.91 Å². The standard InChI is InChI=1S/C21H24N2O4S/c1-3-27-20(26)15-8-9-16-18(12-15)28-21(22-16)23-19(25)11-10-17(24)14-6-4-13(2)5-7-14/h4-7,15H,3,8-12H2,1-2H3,(H,22,23,25). The van der Waals surface area contributed by atoms with Gasteiger partial charge in [0.1, 0.15) is 0 Å². The van der Waals surface area contributed by atoms with Gasteiger partial charge in [-0.15, -0.1) is 11.3 Å². The van der Waals surface area contributed by atoms with Crippen molar-refractivity contribution in [2.24, 2.45) is 5.92 Å². The first-order chi connectivity index (χ1) is 13.5. The normalized spacial score (nSPS) is 15.6. The molecule has 1 amide bonds. The molecule has 1 aromatic carbocycles. The average molecular weight is 401 g/mol. The van der Waals surface area contributed by atoms with Crippen LogP contribution in [0.25, 0.3) is 0 Å². The van der Waals surface area contributed by atoms with Gasteiger partial charge < -0.3 is 10.1 Å². The number of anilines is 1. The molecule has 148 valence electrons. The van der Waals surface area contributed by atoms with E-state index in [2.05, 4.69) is 10.3 Å². The van der Waals surface area contributed by atoms with Crippen molar-refractivity contribution < 1.29 is 19.1 Å². The highest BCUT2D eigenvalue weighted by Gasteiger charge is 2.28. The molecule has 0 fully saturated rings. The lowest BCUT2D eigenvalue weighted by Gasteiger charge is -2.18. The smallest absolute Gasteiger partial charge is 0.309 e. The number of carbonyl (C=O) groups is 3. The number of ketones is 1. The summed E-state index contributed by atoms with van der Waals surface area (Å²) in [4.78, 5) is 41.8. The van der Waals surface area contributed by atoms with E-state index in [1.165, 1.54) is 11.3 Å². The molecule has 1 atom stereocenters. The van der Waals surface area contributed by atoms with E-state index in [9.17, 15) is 14.4 Å². The van der Waals surface area contributed by atoms with E-state index in [0.717, 1.165) is 16.1 Å². The first-order valence-corrected chi connectivity index (χ1v) is 10.3. The lowest BCUT2D eigenvalue weighted by Crippen LogP contribution is -2.24. The summed E-state index contributed by atoms with van der Waals surface area (Å²) in [5.41, 5.74) is 2.65. The van der Waals surface area contributed by atoms with Crippen LogP contribution in [0.15, 0.2) is 24.3 Å². The van der Waals surface area contributed by atoms with Gasteiger partial charge in [0.05, 0.1) is 18.2 Å². The molecular weight excluding hydrogens is 376 g/mol. The Morgan fingerprint density at radius 3 is 2.68 bits per heavy atom. The van der Waals surface area contributed by atoms with Crippen molar-refractivity contribution in [3.63, 3.8) is 0 Å². The van der Waals surface area contributed by atoms with Gasteiger partial charge in [-0.2, -0.15) is 0 Å². The molecule has 0 saturated carbocycles. The fraction of sp³-hybridized carbons (Fsp3) is 0.429. The molecule has 28 heavy (non-hydrogen) atoms. The third-order valence-electron chi connectivity index (χ3n) is 4.76. The molecule has 1 unspecified atom stereocenters. The molecule has 1 aromatic heterocycles. The maximum absolute atomic E-state index is 12.2. The fourth-order valence-corrected chi connectivity index (χ4v) is 4.29. The van der Waals surface area contributed by atoms with Crippen LogP contribution in [0.5, 0.6) is 0 Å². The number of ether oxygens (including phenoxy) is 1. The van der Waals surface area contributed by atoms with Gasteiger partial charge in [-0.25, -0.2) is 4.98 Å². The number of nitrogens with one attached hydrogen (secondary N) is 1.